The average Bonchev–Trinajstić information content (AvgIpc) is 3.18. The van der Waals surface area contributed by atoms with E-state index < -0.39 is 7.60 Å². The smallest absolute Gasteiger partial charge is 0.330 e. The Morgan fingerprint density at radius 3 is 1.83 bits per heavy atom. The van der Waals surface area contributed by atoms with Gasteiger partial charge >= 0.3 is 7.60 Å². The van der Waals surface area contributed by atoms with Crippen molar-refractivity contribution in [2.24, 2.45) is 29.1 Å². The lowest BCUT2D eigenvalue weighted by molar-refractivity contribution is -0.138. The Hall–Kier alpha value is -0.380. The number of rotatable bonds is 17. The van der Waals surface area contributed by atoms with Crippen LogP contribution in [0.3, 0.4) is 0 Å². The maximum absolute atomic E-state index is 14.1. The summed E-state index contributed by atoms with van der Waals surface area (Å²) in [5.41, 5.74) is -0.222. The van der Waals surface area contributed by atoms with Crippen LogP contribution in [0.4, 0.5) is 0 Å². The van der Waals surface area contributed by atoms with Gasteiger partial charge in [0.05, 0.1) is 24.8 Å². The molecule has 1 amide bonds. The molecule has 0 saturated heterocycles. The van der Waals surface area contributed by atoms with Crippen molar-refractivity contribution >= 4 is 13.5 Å². The second kappa shape index (κ2) is 15.3. The summed E-state index contributed by atoms with van der Waals surface area (Å²) in [7, 11) is -3.07. The Bertz CT molecular complexity index is 662. The van der Waals surface area contributed by atoms with E-state index in [0.29, 0.717) is 37.1 Å². The van der Waals surface area contributed by atoms with E-state index in [0.717, 1.165) is 76.2 Å². The molecule has 0 aromatic rings. The van der Waals surface area contributed by atoms with Gasteiger partial charge in [0, 0.05) is 6.54 Å². The van der Waals surface area contributed by atoms with E-state index in [4.69, 9.17) is 9.05 Å². The van der Waals surface area contributed by atoms with Crippen molar-refractivity contribution in [3.05, 3.63) is 0 Å². The molecule has 3 aliphatic carbocycles. The molecule has 5 nitrogen and oxygen atoms in total. The van der Waals surface area contributed by atoms with E-state index in [-0.39, 0.29) is 5.41 Å². The third-order valence-electron chi connectivity index (χ3n) is 9.59. The lowest BCUT2D eigenvalue weighted by Crippen LogP contribution is -2.49. The molecule has 0 aromatic heterocycles. The number of hydrogen-bond acceptors (Lipinski definition) is 4. The van der Waals surface area contributed by atoms with Crippen LogP contribution in [-0.4, -0.2) is 31.8 Å². The van der Waals surface area contributed by atoms with Crippen LogP contribution >= 0.6 is 7.60 Å². The van der Waals surface area contributed by atoms with E-state index >= 15 is 0 Å². The van der Waals surface area contributed by atoms with Gasteiger partial charge < -0.3 is 14.4 Å². The summed E-state index contributed by atoms with van der Waals surface area (Å²) < 4.78 is 25.2. The minimum Gasteiger partial charge on any atom is -0.356 e. The van der Waals surface area contributed by atoms with Gasteiger partial charge in [0.25, 0.3) is 0 Å². The second-order valence-corrected chi connectivity index (χ2v) is 14.1. The Morgan fingerprint density at radius 2 is 1.31 bits per heavy atom. The molecule has 0 radical (unpaired) electrons. The van der Waals surface area contributed by atoms with Crippen LogP contribution in [-0.2, 0) is 18.4 Å². The van der Waals surface area contributed by atoms with Gasteiger partial charge in [0.15, 0.2) is 0 Å². The van der Waals surface area contributed by atoms with Gasteiger partial charge in [-0.2, -0.15) is 0 Å². The van der Waals surface area contributed by atoms with Gasteiger partial charge in [-0.3, -0.25) is 9.36 Å². The molecular weight excluding hydrogens is 469 g/mol. The van der Waals surface area contributed by atoms with Crippen molar-refractivity contribution in [1.29, 1.82) is 0 Å². The highest BCUT2D eigenvalue weighted by Crippen LogP contribution is 2.65. The lowest BCUT2D eigenvalue weighted by atomic mass is 9.62. The molecule has 3 rings (SSSR count). The Labute approximate surface area is 222 Å². The van der Waals surface area contributed by atoms with Gasteiger partial charge in [-0.25, -0.2) is 0 Å². The number of carbonyl (C=O) groups excluding carboxylic acids is 1. The molecule has 4 atom stereocenters. The standard InChI is InChI=1S/C30H56NO4P/c1-4-7-21-31-29(32)30(27-18-12-10-16-25(27)26-17-11-13-19-28(26)30)20-14-15-24-36(33,34-22-8-5-2)35-23-9-6-3/h25-28H,4-24H2,1-3H3,(H,31,32). The van der Waals surface area contributed by atoms with Gasteiger partial charge in [0.1, 0.15) is 0 Å². The van der Waals surface area contributed by atoms with Crippen molar-refractivity contribution in [2.45, 2.75) is 130 Å². The molecule has 0 heterocycles. The highest BCUT2D eigenvalue weighted by molar-refractivity contribution is 7.53. The predicted molar refractivity (Wildman–Crippen MR) is 149 cm³/mol. The van der Waals surface area contributed by atoms with Crippen molar-refractivity contribution in [3.8, 4) is 0 Å². The summed E-state index contributed by atoms with van der Waals surface area (Å²) in [6, 6.07) is 0. The largest absolute Gasteiger partial charge is 0.356 e. The van der Waals surface area contributed by atoms with Gasteiger partial charge in [0.2, 0.25) is 5.91 Å². The number of nitrogens with one attached hydrogen (secondary N) is 1. The van der Waals surface area contributed by atoms with Gasteiger partial charge in [-0.15, -0.1) is 0 Å². The topological polar surface area (TPSA) is 64.6 Å². The van der Waals surface area contributed by atoms with Gasteiger partial charge in [-0.1, -0.05) is 72.1 Å². The first-order valence-electron chi connectivity index (χ1n) is 15.7. The molecule has 4 unspecified atom stereocenters. The third kappa shape index (κ3) is 7.38. The molecule has 3 aliphatic rings. The van der Waals surface area contributed by atoms with Crippen LogP contribution in [0.5, 0.6) is 0 Å². The van der Waals surface area contributed by atoms with Crippen LogP contribution in [0, 0.1) is 29.1 Å². The third-order valence-corrected chi connectivity index (χ3v) is 11.6. The Kier molecular flexibility index (Phi) is 12.8. The fourth-order valence-corrected chi connectivity index (χ4v) is 9.61. The zero-order valence-electron chi connectivity index (χ0n) is 23.7. The Morgan fingerprint density at radius 1 is 0.778 bits per heavy atom. The highest BCUT2D eigenvalue weighted by Gasteiger charge is 2.62. The maximum Gasteiger partial charge on any atom is 0.330 e. The molecule has 3 saturated carbocycles. The van der Waals surface area contributed by atoms with Crippen LogP contribution in [0.25, 0.3) is 0 Å². The zero-order valence-corrected chi connectivity index (χ0v) is 24.6. The molecule has 0 aromatic carbocycles. The first kappa shape index (κ1) is 30.2. The molecule has 0 aliphatic heterocycles. The monoisotopic (exact) mass is 525 g/mol. The summed E-state index contributed by atoms with van der Waals surface area (Å²) in [6.07, 6.45) is 19.5. The predicted octanol–water partition coefficient (Wildman–Crippen LogP) is 8.51. The first-order valence-corrected chi connectivity index (χ1v) is 17.4. The molecule has 0 bridgehead atoms. The van der Waals surface area contributed by atoms with Crippen molar-refractivity contribution in [3.63, 3.8) is 0 Å². The Balaban J connectivity index is 1.71. The van der Waals surface area contributed by atoms with Crippen LogP contribution in [0.15, 0.2) is 0 Å². The molecular formula is C30H56NO4P. The van der Waals surface area contributed by atoms with Crippen LogP contribution < -0.4 is 5.32 Å². The van der Waals surface area contributed by atoms with E-state index in [1.54, 1.807) is 0 Å². The number of hydrogen-bond donors (Lipinski definition) is 1. The molecule has 36 heavy (non-hydrogen) atoms. The average molecular weight is 526 g/mol. The molecule has 3 fully saturated rings. The number of amides is 1. The number of carbonyl (C=O) groups is 1. The van der Waals surface area contributed by atoms with E-state index in [9.17, 15) is 9.36 Å². The fraction of sp³-hybridized carbons (Fsp3) is 0.967. The SMILES string of the molecule is CCCCNC(=O)C1(CCCCP(=O)(OCCCC)OCCCC)C2CCCCC2C2CCCCC21. The van der Waals surface area contributed by atoms with E-state index in [2.05, 4.69) is 26.1 Å². The number of unbranched alkanes of at least 4 members (excludes halogenated alkanes) is 4. The fourth-order valence-electron chi connectivity index (χ4n) is 7.85. The summed E-state index contributed by atoms with van der Waals surface area (Å²) in [6.45, 7) is 8.26. The van der Waals surface area contributed by atoms with Crippen molar-refractivity contribution in [2.75, 3.05) is 25.9 Å². The van der Waals surface area contributed by atoms with Crippen LogP contribution in [0.2, 0.25) is 0 Å². The normalized spacial score (nSPS) is 30.1. The zero-order chi connectivity index (χ0) is 25.9. The van der Waals surface area contributed by atoms with Crippen molar-refractivity contribution < 1.29 is 18.4 Å². The highest BCUT2D eigenvalue weighted by atomic mass is 31.2. The minimum absolute atomic E-state index is 0.222. The molecule has 6 heteroatoms. The maximum atomic E-state index is 14.1. The number of fused-ring (bicyclic) bond motifs is 3. The summed E-state index contributed by atoms with van der Waals surface area (Å²) in [4.78, 5) is 14.1. The van der Waals surface area contributed by atoms with Crippen molar-refractivity contribution in [1.82, 2.24) is 5.32 Å². The molecule has 210 valence electrons. The molecule has 0 spiro atoms. The summed E-state index contributed by atoms with van der Waals surface area (Å²) >= 11 is 0. The molecule has 1 N–H and O–H groups in total. The van der Waals surface area contributed by atoms with E-state index in [1.807, 2.05) is 0 Å². The van der Waals surface area contributed by atoms with Gasteiger partial charge in [-0.05, 0) is 81.5 Å². The van der Waals surface area contributed by atoms with E-state index in [1.165, 1.54) is 51.4 Å². The minimum atomic E-state index is -3.07. The first-order chi connectivity index (χ1) is 17.5. The summed E-state index contributed by atoms with van der Waals surface area (Å²) in [5, 5.41) is 3.42. The quantitative estimate of drug-likeness (QED) is 0.153. The van der Waals surface area contributed by atoms with Crippen LogP contribution in [0.1, 0.15) is 130 Å². The lowest BCUT2D eigenvalue weighted by Gasteiger charge is -2.42. The second-order valence-electron chi connectivity index (χ2n) is 11.9. The summed E-state index contributed by atoms with van der Waals surface area (Å²) in [5.74, 6) is 2.90.